The summed E-state index contributed by atoms with van der Waals surface area (Å²) in [5.74, 6) is 0.582. The van der Waals surface area contributed by atoms with E-state index < -0.39 is 0 Å². The molecule has 114 valence electrons. The molecule has 2 aromatic rings. The van der Waals surface area contributed by atoms with E-state index in [-0.39, 0.29) is 11.7 Å². The van der Waals surface area contributed by atoms with Crippen LogP contribution in [-0.2, 0) is 0 Å². The fourth-order valence-electron chi connectivity index (χ4n) is 2.03. The molecule has 0 aliphatic carbocycles. The van der Waals surface area contributed by atoms with Gasteiger partial charge in [0.15, 0.2) is 5.78 Å². The summed E-state index contributed by atoms with van der Waals surface area (Å²) in [7, 11) is 3.03. The van der Waals surface area contributed by atoms with Crippen molar-refractivity contribution in [3.05, 3.63) is 53.6 Å². The minimum atomic E-state index is -0.342. The van der Waals surface area contributed by atoms with Crippen LogP contribution in [0.15, 0.2) is 42.5 Å². The third-order valence-corrected chi connectivity index (χ3v) is 3.17. The summed E-state index contributed by atoms with van der Waals surface area (Å²) in [4.78, 5) is 24.0. The molecule has 1 amide bonds. The molecule has 0 saturated heterocycles. The van der Waals surface area contributed by atoms with Gasteiger partial charge in [0, 0.05) is 17.2 Å². The predicted octanol–water partition coefficient (Wildman–Crippen LogP) is 3.16. The first-order chi connectivity index (χ1) is 10.5. The van der Waals surface area contributed by atoms with Gasteiger partial charge in [-0.15, -0.1) is 0 Å². The quantitative estimate of drug-likeness (QED) is 0.861. The minimum absolute atomic E-state index is 0.112. The summed E-state index contributed by atoms with van der Waals surface area (Å²) in [6, 6.07) is 11.8. The van der Waals surface area contributed by atoms with E-state index in [1.807, 2.05) is 0 Å². The monoisotopic (exact) mass is 299 g/mol. The van der Waals surface area contributed by atoms with E-state index in [0.29, 0.717) is 28.3 Å². The molecular weight excluding hydrogens is 282 g/mol. The Morgan fingerprint density at radius 3 is 2.09 bits per heavy atom. The number of nitrogens with one attached hydrogen (secondary N) is 1. The summed E-state index contributed by atoms with van der Waals surface area (Å²) in [6.45, 7) is 1.46. The van der Waals surface area contributed by atoms with Gasteiger partial charge in [-0.25, -0.2) is 0 Å². The first kappa shape index (κ1) is 15.6. The third kappa shape index (κ3) is 3.44. The van der Waals surface area contributed by atoms with Crippen molar-refractivity contribution in [1.29, 1.82) is 0 Å². The Morgan fingerprint density at radius 1 is 0.955 bits per heavy atom. The van der Waals surface area contributed by atoms with E-state index in [9.17, 15) is 9.59 Å². The summed E-state index contributed by atoms with van der Waals surface area (Å²) >= 11 is 0. The Labute approximate surface area is 128 Å². The largest absolute Gasteiger partial charge is 0.497 e. The molecule has 2 aromatic carbocycles. The van der Waals surface area contributed by atoms with Crippen molar-refractivity contribution in [3.8, 4) is 11.5 Å². The van der Waals surface area contributed by atoms with Gasteiger partial charge < -0.3 is 14.8 Å². The lowest BCUT2D eigenvalue weighted by Gasteiger charge is -2.11. The zero-order valence-corrected chi connectivity index (χ0v) is 12.7. The second-order valence-corrected chi connectivity index (χ2v) is 4.66. The highest BCUT2D eigenvalue weighted by atomic mass is 16.5. The summed E-state index contributed by atoms with van der Waals surface area (Å²) in [5, 5.41) is 2.74. The van der Waals surface area contributed by atoms with Gasteiger partial charge in [0.1, 0.15) is 11.5 Å². The number of hydrogen-bond acceptors (Lipinski definition) is 4. The minimum Gasteiger partial charge on any atom is -0.497 e. The molecule has 0 atom stereocenters. The molecule has 5 heteroatoms. The fourth-order valence-corrected chi connectivity index (χ4v) is 2.03. The predicted molar refractivity (Wildman–Crippen MR) is 83.9 cm³/mol. The van der Waals surface area contributed by atoms with E-state index in [1.54, 1.807) is 42.5 Å². The fraction of sp³-hybridized carbons (Fsp3) is 0.176. The topological polar surface area (TPSA) is 64.6 Å². The van der Waals surface area contributed by atoms with Gasteiger partial charge >= 0.3 is 0 Å². The number of methoxy groups -OCH3 is 2. The SMILES string of the molecule is COc1cc(OC)cc(C(=O)Nc2ccccc2C(C)=O)c1. The lowest BCUT2D eigenvalue weighted by atomic mass is 10.1. The first-order valence-electron chi connectivity index (χ1n) is 6.69. The molecule has 2 rings (SSSR count). The van der Waals surface area contributed by atoms with Gasteiger partial charge in [0.25, 0.3) is 5.91 Å². The smallest absolute Gasteiger partial charge is 0.255 e. The van der Waals surface area contributed by atoms with Gasteiger partial charge in [-0.3, -0.25) is 9.59 Å². The molecule has 1 N–H and O–H groups in total. The summed E-state index contributed by atoms with van der Waals surface area (Å²) in [5.41, 5.74) is 1.32. The number of carbonyl (C=O) groups is 2. The first-order valence-corrected chi connectivity index (χ1v) is 6.69. The van der Waals surface area contributed by atoms with Crippen LogP contribution in [0.1, 0.15) is 27.6 Å². The number of amides is 1. The van der Waals surface area contributed by atoms with Crippen LogP contribution in [0.3, 0.4) is 0 Å². The second-order valence-electron chi connectivity index (χ2n) is 4.66. The van der Waals surface area contributed by atoms with Crippen molar-refractivity contribution < 1.29 is 19.1 Å². The molecule has 0 spiro atoms. The van der Waals surface area contributed by atoms with Gasteiger partial charge in [-0.05, 0) is 31.2 Å². The van der Waals surface area contributed by atoms with Crippen LogP contribution < -0.4 is 14.8 Å². The van der Waals surface area contributed by atoms with Crippen molar-refractivity contribution in [3.63, 3.8) is 0 Å². The maximum Gasteiger partial charge on any atom is 0.255 e. The van der Waals surface area contributed by atoms with E-state index in [2.05, 4.69) is 5.32 Å². The van der Waals surface area contributed by atoms with Crippen LogP contribution in [0.25, 0.3) is 0 Å². The van der Waals surface area contributed by atoms with E-state index >= 15 is 0 Å². The molecule has 0 fully saturated rings. The molecular formula is C17H17NO4. The number of anilines is 1. The summed E-state index contributed by atoms with van der Waals surface area (Å²) < 4.78 is 10.3. The Morgan fingerprint density at radius 2 is 1.55 bits per heavy atom. The number of hydrogen-bond donors (Lipinski definition) is 1. The van der Waals surface area contributed by atoms with Crippen LogP contribution in [0.4, 0.5) is 5.69 Å². The van der Waals surface area contributed by atoms with Crippen LogP contribution >= 0.6 is 0 Å². The molecule has 0 aliphatic heterocycles. The number of benzene rings is 2. The Bertz CT molecular complexity index is 687. The molecule has 0 aromatic heterocycles. The van der Waals surface area contributed by atoms with Crippen molar-refractivity contribution in [1.82, 2.24) is 0 Å². The number of Topliss-reactive ketones (excluding diaryl/α,β-unsaturated/α-hetero) is 1. The molecule has 22 heavy (non-hydrogen) atoms. The molecule has 0 saturated carbocycles. The van der Waals surface area contributed by atoms with Crippen LogP contribution in [0.5, 0.6) is 11.5 Å². The van der Waals surface area contributed by atoms with Crippen molar-refractivity contribution in [2.75, 3.05) is 19.5 Å². The highest BCUT2D eigenvalue weighted by Crippen LogP contribution is 2.24. The zero-order valence-electron chi connectivity index (χ0n) is 12.7. The van der Waals surface area contributed by atoms with Gasteiger partial charge in [0.05, 0.1) is 19.9 Å². The van der Waals surface area contributed by atoms with E-state index in [4.69, 9.17) is 9.47 Å². The maximum atomic E-state index is 12.4. The lowest BCUT2D eigenvalue weighted by Crippen LogP contribution is -2.14. The lowest BCUT2D eigenvalue weighted by molar-refractivity contribution is 0.101. The number of rotatable bonds is 5. The highest BCUT2D eigenvalue weighted by molar-refractivity contribution is 6.09. The van der Waals surface area contributed by atoms with Crippen LogP contribution in [0, 0.1) is 0 Å². The zero-order chi connectivity index (χ0) is 16.1. The van der Waals surface area contributed by atoms with Crippen LogP contribution in [-0.4, -0.2) is 25.9 Å². The number of ketones is 1. The Balaban J connectivity index is 2.32. The van der Waals surface area contributed by atoms with Crippen molar-refractivity contribution in [2.45, 2.75) is 6.92 Å². The molecule has 5 nitrogen and oxygen atoms in total. The van der Waals surface area contributed by atoms with Crippen molar-refractivity contribution in [2.24, 2.45) is 0 Å². The van der Waals surface area contributed by atoms with Gasteiger partial charge in [-0.1, -0.05) is 12.1 Å². The third-order valence-electron chi connectivity index (χ3n) is 3.17. The average molecular weight is 299 g/mol. The van der Waals surface area contributed by atoms with E-state index in [0.717, 1.165) is 0 Å². The highest BCUT2D eigenvalue weighted by Gasteiger charge is 2.13. The molecule has 0 bridgehead atoms. The van der Waals surface area contributed by atoms with Crippen molar-refractivity contribution >= 4 is 17.4 Å². The summed E-state index contributed by atoms with van der Waals surface area (Å²) in [6.07, 6.45) is 0. The number of carbonyl (C=O) groups excluding carboxylic acids is 2. The van der Waals surface area contributed by atoms with Gasteiger partial charge in [-0.2, -0.15) is 0 Å². The normalized spacial score (nSPS) is 9.95. The molecule has 0 unspecified atom stereocenters. The maximum absolute atomic E-state index is 12.4. The standard InChI is InChI=1S/C17H17NO4/c1-11(19)15-6-4-5-7-16(15)18-17(20)12-8-13(21-2)10-14(9-12)22-3/h4-10H,1-3H3,(H,18,20). The molecule has 0 heterocycles. The molecule has 0 aliphatic rings. The van der Waals surface area contributed by atoms with Crippen LogP contribution in [0.2, 0.25) is 0 Å². The second kappa shape index (κ2) is 6.76. The Kier molecular flexibility index (Phi) is 4.78. The molecule has 0 radical (unpaired) electrons. The average Bonchev–Trinajstić information content (AvgIpc) is 2.54. The number of ether oxygens (including phenoxy) is 2. The Hall–Kier alpha value is -2.82. The number of para-hydroxylation sites is 1. The van der Waals surface area contributed by atoms with Gasteiger partial charge in [0.2, 0.25) is 0 Å². The van der Waals surface area contributed by atoms with E-state index in [1.165, 1.54) is 21.1 Å².